The minimum absolute atomic E-state index is 0.00793. The third-order valence-corrected chi connectivity index (χ3v) is 6.05. The van der Waals surface area contributed by atoms with E-state index in [0.29, 0.717) is 24.9 Å². The van der Waals surface area contributed by atoms with E-state index in [1.807, 2.05) is 6.92 Å². The van der Waals surface area contributed by atoms with Crippen molar-refractivity contribution >= 4 is 17.7 Å². The summed E-state index contributed by atoms with van der Waals surface area (Å²) in [6, 6.07) is 4.84. The highest BCUT2D eigenvalue weighted by molar-refractivity contribution is 5.94. The molecule has 6 nitrogen and oxygen atoms in total. The van der Waals surface area contributed by atoms with Gasteiger partial charge in [0, 0.05) is 26.1 Å². The highest BCUT2D eigenvalue weighted by Crippen LogP contribution is 2.32. The number of hydrogen-bond donors (Lipinski definition) is 2. The normalized spacial score (nSPS) is 21.1. The third-order valence-electron chi connectivity index (χ3n) is 6.05. The van der Waals surface area contributed by atoms with Crippen molar-refractivity contribution in [2.45, 2.75) is 63.7 Å². The van der Waals surface area contributed by atoms with Gasteiger partial charge in [0.1, 0.15) is 5.54 Å². The summed E-state index contributed by atoms with van der Waals surface area (Å²) < 4.78 is 38.8. The maximum absolute atomic E-state index is 12.9. The Kier molecular flexibility index (Phi) is 6.91. The molecule has 0 radical (unpaired) electrons. The maximum Gasteiger partial charge on any atom is 0.416 e. The minimum atomic E-state index is -4.46. The molecule has 170 valence electrons. The lowest BCUT2D eigenvalue weighted by Crippen LogP contribution is -2.60. The molecule has 1 heterocycles. The quantitative estimate of drug-likeness (QED) is 0.715. The van der Waals surface area contributed by atoms with Crippen LogP contribution in [0.15, 0.2) is 24.3 Å². The average molecular weight is 439 g/mol. The van der Waals surface area contributed by atoms with Gasteiger partial charge in [-0.05, 0) is 37.5 Å². The Morgan fingerprint density at radius 3 is 2.55 bits per heavy atom. The van der Waals surface area contributed by atoms with E-state index in [4.69, 9.17) is 0 Å². The molecule has 1 aromatic rings. The van der Waals surface area contributed by atoms with Gasteiger partial charge in [-0.3, -0.25) is 14.4 Å². The first kappa shape index (κ1) is 23.1. The second-order valence-corrected chi connectivity index (χ2v) is 8.36. The van der Waals surface area contributed by atoms with Gasteiger partial charge in [0.2, 0.25) is 17.7 Å². The summed E-state index contributed by atoms with van der Waals surface area (Å²) >= 11 is 0. The van der Waals surface area contributed by atoms with Crippen molar-refractivity contribution in [3.63, 3.8) is 0 Å². The summed E-state index contributed by atoms with van der Waals surface area (Å²) in [5.41, 5.74) is -1.37. The summed E-state index contributed by atoms with van der Waals surface area (Å²) in [5.74, 6) is -1.47. The summed E-state index contributed by atoms with van der Waals surface area (Å²) in [6.45, 7) is 2.40. The number of rotatable bonds is 6. The number of nitrogens with one attached hydrogen (secondary N) is 2. The fourth-order valence-corrected chi connectivity index (χ4v) is 4.40. The molecule has 3 amide bonds. The Labute approximate surface area is 179 Å². The van der Waals surface area contributed by atoms with Crippen LogP contribution in [0, 0.1) is 5.92 Å². The molecule has 31 heavy (non-hydrogen) atoms. The zero-order chi connectivity index (χ0) is 22.6. The molecule has 0 aromatic heterocycles. The molecule has 9 heteroatoms. The van der Waals surface area contributed by atoms with Crippen molar-refractivity contribution in [1.29, 1.82) is 0 Å². The van der Waals surface area contributed by atoms with E-state index in [1.54, 1.807) is 0 Å². The van der Waals surface area contributed by atoms with Crippen LogP contribution in [-0.4, -0.2) is 41.2 Å². The number of hydrogen-bond acceptors (Lipinski definition) is 3. The van der Waals surface area contributed by atoms with Crippen LogP contribution in [0.25, 0.3) is 0 Å². The Bertz CT molecular complexity index is 835. The third kappa shape index (κ3) is 5.37. The largest absolute Gasteiger partial charge is 0.416 e. The average Bonchev–Trinajstić information content (AvgIpc) is 3.09. The number of alkyl halides is 3. The zero-order valence-electron chi connectivity index (χ0n) is 17.6. The lowest BCUT2D eigenvalue weighted by atomic mass is 9.80. The van der Waals surface area contributed by atoms with Crippen LogP contribution in [0.1, 0.15) is 56.6 Å². The van der Waals surface area contributed by atoms with Crippen molar-refractivity contribution in [3.8, 4) is 0 Å². The van der Waals surface area contributed by atoms with Gasteiger partial charge >= 0.3 is 6.18 Å². The number of halogens is 3. The smallest absolute Gasteiger partial charge is 0.354 e. The molecule has 3 rings (SSSR count). The predicted octanol–water partition coefficient (Wildman–Crippen LogP) is 3.01. The van der Waals surface area contributed by atoms with Crippen molar-refractivity contribution in [2.75, 3.05) is 13.1 Å². The van der Waals surface area contributed by atoms with E-state index in [-0.39, 0.29) is 37.2 Å². The van der Waals surface area contributed by atoms with E-state index in [2.05, 4.69) is 10.6 Å². The molecule has 1 aromatic carbocycles. The molecule has 1 saturated heterocycles. The molecule has 1 atom stereocenters. The Balaban J connectivity index is 1.66. The number of amides is 3. The molecule has 1 aliphatic carbocycles. The lowest BCUT2D eigenvalue weighted by molar-refractivity contribution is -0.137. The van der Waals surface area contributed by atoms with Gasteiger partial charge < -0.3 is 15.5 Å². The fraction of sp³-hybridized carbons (Fsp3) is 0.591. The van der Waals surface area contributed by atoms with E-state index in [1.165, 1.54) is 17.0 Å². The zero-order valence-corrected chi connectivity index (χ0v) is 17.6. The molecular weight excluding hydrogens is 411 g/mol. The van der Waals surface area contributed by atoms with Gasteiger partial charge in [-0.2, -0.15) is 13.2 Å². The molecule has 0 bridgehead atoms. The monoisotopic (exact) mass is 439 g/mol. The topological polar surface area (TPSA) is 78.5 Å². The van der Waals surface area contributed by atoms with Crippen molar-refractivity contribution in [1.82, 2.24) is 15.5 Å². The summed E-state index contributed by atoms with van der Waals surface area (Å²) in [5, 5.41) is 5.71. The van der Waals surface area contributed by atoms with Crippen LogP contribution in [0.5, 0.6) is 0 Å². The molecule has 1 aliphatic heterocycles. The number of nitrogens with zero attached hydrogens (tertiary/aromatic N) is 1. The first-order valence-corrected chi connectivity index (χ1v) is 10.7. The molecular formula is C22H28F3N3O3. The van der Waals surface area contributed by atoms with E-state index >= 15 is 0 Å². The Morgan fingerprint density at radius 2 is 1.90 bits per heavy atom. The van der Waals surface area contributed by atoms with Gasteiger partial charge in [-0.15, -0.1) is 0 Å². The lowest BCUT2D eigenvalue weighted by Gasteiger charge is -2.37. The Morgan fingerprint density at radius 1 is 1.19 bits per heavy atom. The van der Waals surface area contributed by atoms with E-state index < -0.39 is 23.2 Å². The number of benzene rings is 1. The second kappa shape index (κ2) is 9.28. The second-order valence-electron chi connectivity index (χ2n) is 8.36. The molecule has 2 aliphatic rings. The Hall–Kier alpha value is -2.58. The van der Waals surface area contributed by atoms with Gasteiger partial charge in [-0.1, -0.05) is 31.4 Å². The molecule has 0 spiro atoms. The van der Waals surface area contributed by atoms with Crippen LogP contribution in [0.2, 0.25) is 0 Å². The van der Waals surface area contributed by atoms with Crippen molar-refractivity contribution in [2.24, 2.45) is 5.92 Å². The summed E-state index contributed by atoms with van der Waals surface area (Å²) in [6.07, 6.45) is -0.690. The van der Waals surface area contributed by atoms with Crippen LogP contribution in [0.3, 0.4) is 0 Å². The van der Waals surface area contributed by atoms with E-state index in [0.717, 1.165) is 31.4 Å². The standard InChI is InChI=1S/C22H28F3N3O3/c1-2-26-20(31)21(9-4-3-5-10-21)27-19(30)16-12-18(29)28(14-16)13-15-7-6-8-17(11-15)22(23,24)25/h6-8,11,16H,2-5,9-10,12-14H2,1H3,(H,26,31)(H,27,30). The molecule has 1 saturated carbocycles. The predicted molar refractivity (Wildman–Crippen MR) is 108 cm³/mol. The fourth-order valence-electron chi connectivity index (χ4n) is 4.40. The maximum atomic E-state index is 12.9. The molecule has 1 unspecified atom stereocenters. The summed E-state index contributed by atoms with van der Waals surface area (Å²) in [4.78, 5) is 39.4. The highest BCUT2D eigenvalue weighted by atomic mass is 19.4. The van der Waals surface area contributed by atoms with Crippen LogP contribution in [0.4, 0.5) is 13.2 Å². The van der Waals surface area contributed by atoms with Crippen LogP contribution < -0.4 is 10.6 Å². The van der Waals surface area contributed by atoms with Gasteiger partial charge in [-0.25, -0.2) is 0 Å². The first-order valence-electron chi connectivity index (χ1n) is 10.7. The first-order chi connectivity index (χ1) is 14.6. The summed E-state index contributed by atoms with van der Waals surface area (Å²) in [7, 11) is 0. The molecule has 2 N–H and O–H groups in total. The number of likely N-dealkylation sites (N-methyl/N-ethyl adjacent to an activating group) is 1. The van der Waals surface area contributed by atoms with Crippen LogP contribution >= 0.6 is 0 Å². The van der Waals surface area contributed by atoms with Gasteiger partial charge in [0.25, 0.3) is 0 Å². The SMILES string of the molecule is CCNC(=O)C1(NC(=O)C2CC(=O)N(Cc3cccc(C(F)(F)F)c3)C2)CCCCC1. The van der Waals surface area contributed by atoms with Gasteiger partial charge in [0.05, 0.1) is 11.5 Å². The highest BCUT2D eigenvalue weighted by Gasteiger charge is 2.43. The number of carbonyl (C=O) groups is 3. The van der Waals surface area contributed by atoms with Gasteiger partial charge in [0.15, 0.2) is 0 Å². The number of likely N-dealkylation sites (tertiary alicyclic amines) is 1. The van der Waals surface area contributed by atoms with Crippen molar-refractivity contribution < 1.29 is 27.6 Å². The molecule has 2 fully saturated rings. The minimum Gasteiger partial charge on any atom is -0.354 e. The van der Waals surface area contributed by atoms with Crippen LogP contribution in [-0.2, 0) is 27.1 Å². The van der Waals surface area contributed by atoms with Crippen molar-refractivity contribution in [3.05, 3.63) is 35.4 Å². The van der Waals surface area contributed by atoms with E-state index in [9.17, 15) is 27.6 Å². The number of carbonyl (C=O) groups excluding carboxylic acids is 3.